The van der Waals surface area contributed by atoms with Gasteiger partial charge in [0.15, 0.2) is 6.54 Å². The number of likely N-dealkylation sites (tertiary alicyclic amines) is 1. The number of nitrogens with zero attached hydrogens (tertiary/aromatic N) is 1. The Labute approximate surface area is 165 Å². The van der Waals surface area contributed by atoms with Crippen LogP contribution in [0.25, 0.3) is 10.2 Å². The summed E-state index contributed by atoms with van der Waals surface area (Å²) in [6.07, 6.45) is 10.7. The number of hydrogen-bond donors (Lipinski definition) is 2. The fourth-order valence-corrected chi connectivity index (χ4v) is 5.43. The van der Waals surface area contributed by atoms with E-state index >= 15 is 0 Å². The number of para-hydroxylation sites is 1. The van der Waals surface area contributed by atoms with E-state index in [4.69, 9.17) is 4.98 Å². The highest BCUT2D eigenvalue weighted by Gasteiger charge is 2.27. The number of rotatable bonds is 6. The fourth-order valence-electron chi connectivity index (χ4n) is 4.30. The number of carbonyl (C=O) groups excluding carboxylic acids is 1. The minimum absolute atomic E-state index is 0.208. The van der Waals surface area contributed by atoms with E-state index in [0.717, 1.165) is 44.4 Å². The molecule has 2 heterocycles. The quantitative estimate of drug-likeness (QED) is 0.752. The summed E-state index contributed by atoms with van der Waals surface area (Å²) < 4.78 is 1.29. The summed E-state index contributed by atoms with van der Waals surface area (Å²) in [6.45, 7) is 3.55. The van der Waals surface area contributed by atoms with E-state index < -0.39 is 0 Å². The van der Waals surface area contributed by atoms with Gasteiger partial charge in [0.1, 0.15) is 0 Å². The van der Waals surface area contributed by atoms with Crippen LogP contribution in [0.2, 0.25) is 0 Å². The van der Waals surface area contributed by atoms with Gasteiger partial charge < -0.3 is 10.2 Å². The van der Waals surface area contributed by atoms with E-state index in [1.54, 1.807) is 0 Å². The van der Waals surface area contributed by atoms with Gasteiger partial charge in [-0.05, 0) is 44.2 Å². The highest BCUT2D eigenvalue weighted by atomic mass is 32.1. The SMILES string of the molecule is O=C(C[NH+]1CCC(c2nc3ccccc3s2)CC1)NCCC1=CCCCC1. The number of allylic oxidation sites excluding steroid dienone is 1. The lowest BCUT2D eigenvalue weighted by atomic mass is 9.97. The van der Waals surface area contributed by atoms with Crippen molar-refractivity contribution in [2.75, 3.05) is 26.2 Å². The van der Waals surface area contributed by atoms with Crippen LogP contribution in [-0.2, 0) is 4.79 Å². The van der Waals surface area contributed by atoms with Crippen LogP contribution < -0.4 is 10.2 Å². The number of amides is 1. The van der Waals surface area contributed by atoms with E-state index in [9.17, 15) is 4.79 Å². The summed E-state index contributed by atoms with van der Waals surface area (Å²) in [5.41, 5.74) is 2.66. The number of quaternary nitrogens is 1. The summed E-state index contributed by atoms with van der Waals surface area (Å²) >= 11 is 1.84. The minimum atomic E-state index is 0.208. The maximum Gasteiger partial charge on any atom is 0.275 e. The lowest BCUT2D eigenvalue weighted by molar-refractivity contribution is -0.897. The van der Waals surface area contributed by atoms with Crippen molar-refractivity contribution in [3.8, 4) is 0 Å². The number of benzene rings is 1. The molecule has 1 fully saturated rings. The third kappa shape index (κ3) is 4.96. The van der Waals surface area contributed by atoms with Gasteiger partial charge in [-0.15, -0.1) is 11.3 Å². The molecular weight excluding hydrogens is 354 g/mol. The predicted octanol–water partition coefficient (Wildman–Crippen LogP) is 3.07. The monoisotopic (exact) mass is 384 g/mol. The molecule has 0 radical (unpaired) electrons. The molecule has 2 aliphatic rings. The molecule has 1 amide bonds. The molecule has 0 unspecified atom stereocenters. The first-order valence-electron chi connectivity index (χ1n) is 10.4. The summed E-state index contributed by atoms with van der Waals surface area (Å²) in [5.74, 6) is 0.771. The molecule has 1 aromatic carbocycles. The molecular formula is C22H30N3OS+. The van der Waals surface area contributed by atoms with E-state index in [1.165, 1.54) is 45.9 Å². The number of nitrogens with one attached hydrogen (secondary N) is 2. The largest absolute Gasteiger partial charge is 0.351 e. The van der Waals surface area contributed by atoms with Crippen molar-refractivity contribution in [3.05, 3.63) is 40.9 Å². The normalized spacial score (nSPS) is 23.2. The van der Waals surface area contributed by atoms with Crippen molar-refractivity contribution >= 4 is 27.5 Å². The molecule has 4 rings (SSSR count). The molecule has 1 aliphatic heterocycles. The standard InChI is InChI=1S/C22H29N3OS/c26-21(23-13-10-17-6-2-1-3-7-17)16-25-14-11-18(12-15-25)22-24-19-8-4-5-9-20(19)27-22/h4-6,8-9,18H,1-3,7,10-16H2,(H,23,26)/p+1. The topological polar surface area (TPSA) is 46.4 Å². The molecule has 1 aliphatic carbocycles. The molecule has 2 aromatic rings. The summed E-state index contributed by atoms with van der Waals surface area (Å²) in [4.78, 5) is 18.5. The Kier molecular flexibility index (Phi) is 6.20. The van der Waals surface area contributed by atoms with Gasteiger partial charge in [0.25, 0.3) is 5.91 Å². The number of thiazole rings is 1. The molecule has 0 bridgehead atoms. The average Bonchev–Trinajstić information content (AvgIpc) is 3.13. The van der Waals surface area contributed by atoms with E-state index in [1.807, 2.05) is 11.3 Å². The van der Waals surface area contributed by atoms with Crippen LogP contribution >= 0.6 is 11.3 Å². The average molecular weight is 385 g/mol. The van der Waals surface area contributed by atoms with Crippen LogP contribution in [0, 0.1) is 0 Å². The van der Waals surface area contributed by atoms with Gasteiger partial charge >= 0.3 is 0 Å². The van der Waals surface area contributed by atoms with Gasteiger partial charge in [0.2, 0.25) is 0 Å². The molecule has 144 valence electrons. The number of piperidine rings is 1. The van der Waals surface area contributed by atoms with E-state index in [-0.39, 0.29) is 5.91 Å². The molecule has 27 heavy (non-hydrogen) atoms. The van der Waals surface area contributed by atoms with Gasteiger partial charge in [0, 0.05) is 25.3 Å². The lowest BCUT2D eigenvalue weighted by Crippen LogP contribution is -3.14. The second kappa shape index (κ2) is 8.98. The van der Waals surface area contributed by atoms with Crippen molar-refractivity contribution in [1.82, 2.24) is 10.3 Å². The second-order valence-corrected chi connectivity index (χ2v) is 8.99. The molecule has 1 saturated heterocycles. The molecule has 5 heteroatoms. The molecule has 4 nitrogen and oxygen atoms in total. The van der Waals surface area contributed by atoms with Gasteiger partial charge in [-0.25, -0.2) is 4.98 Å². The number of aromatic nitrogens is 1. The van der Waals surface area contributed by atoms with Gasteiger partial charge in [0.05, 0.1) is 28.3 Å². The molecule has 0 saturated carbocycles. The van der Waals surface area contributed by atoms with Crippen LogP contribution in [0.5, 0.6) is 0 Å². The second-order valence-electron chi connectivity index (χ2n) is 7.93. The van der Waals surface area contributed by atoms with Crippen LogP contribution in [0.3, 0.4) is 0 Å². The Bertz CT molecular complexity index is 772. The van der Waals surface area contributed by atoms with Crippen molar-refractivity contribution in [2.45, 2.75) is 50.9 Å². The molecule has 2 N–H and O–H groups in total. The van der Waals surface area contributed by atoms with E-state index in [0.29, 0.717) is 12.5 Å². The zero-order valence-electron chi connectivity index (χ0n) is 16.0. The van der Waals surface area contributed by atoms with Crippen molar-refractivity contribution < 1.29 is 9.69 Å². The zero-order chi connectivity index (χ0) is 18.5. The molecule has 0 spiro atoms. The Morgan fingerprint density at radius 1 is 1.22 bits per heavy atom. The summed E-state index contributed by atoms with van der Waals surface area (Å²) in [5, 5.41) is 4.41. The van der Waals surface area contributed by atoms with Gasteiger partial charge in [-0.1, -0.05) is 23.8 Å². The van der Waals surface area contributed by atoms with Crippen molar-refractivity contribution in [1.29, 1.82) is 0 Å². The highest BCUT2D eigenvalue weighted by molar-refractivity contribution is 7.18. The maximum absolute atomic E-state index is 12.3. The maximum atomic E-state index is 12.3. The first-order chi connectivity index (χ1) is 13.3. The molecule has 0 atom stereocenters. The smallest absolute Gasteiger partial charge is 0.275 e. The Hall–Kier alpha value is -1.72. The first-order valence-corrected chi connectivity index (χ1v) is 11.2. The minimum Gasteiger partial charge on any atom is -0.351 e. The third-order valence-electron chi connectivity index (χ3n) is 5.92. The lowest BCUT2D eigenvalue weighted by Gasteiger charge is -2.27. The Morgan fingerprint density at radius 2 is 2.07 bits per heavy atom. The van der Waals surface area contributed by atoms with Crippen molar-refractivity contribution in [3.63, 3.8) is 0 Å². The van der Waals surface area contributed by atoms with Crippen LogP contribution in [0.4, 0.5) is 0 Å². The Balaban J connectivity index is 1.19. The van der Waals surface area contributed by atoms with Crippen LogP contribution in [0.1, 0.15) is 55.9 Å². The molecule has 1 aromatic heterocycles. The number of hydrogen-bond acceptors (Lipinski definition) is 3. The van der Waals surface area contributed by atoms with Crippen LogP contribution in [-0.4, -0.2) is 37.1 Å². The van der Waals surface area contributed by atoms with Crippen molar-refractivity contribution in [2.24, 2.45) is 0 Å². The number of carbonyl (C=O) groups is 1. The van der Waals surface area contributed by atoms with Gasteiger partial charge in [-0.3, -0.25) is 4.79 Å². The Morgan fingerprint density at radius 3 is 2.85 bits per heavy atom. The summed E-state index contributed by atoms with van der Waals surface area (Å²) in [6, 6.07) is 8.40. The zero-order valence-corrected chi connectivity index (χ0v) is 16.8. The fraction of sp³-hybridized carbons (Fsp3) is 0.545. The predicted molar refractivity (Wildman–Crippen MR) is 111 cm³/mol. The summed E-state index contributed by atoms with van der Waals surface area (Å²) in [7, 11) is 0. The van der Waals surface area contributed by atoms with E-state index in [2.05, 4.69) is 35.7 Å². The third-order valence-corrected chi connectivity index (χ3v) is 7.12. The number of fused-ring (bicyclic) bond motifs is 1. The van der Waals surface area contributed by atoms with Crippen LogP contribution in [0.15, 0.2) is 35.9 Å². The highest BCUT2D eigenvalue weighted by Crippen LogP contribution is 2.31. The van der Waals surface area contributed by atoms with Gasteiger partial charge in [-0.2, -0.15) is 0 Å². The first kappa shape index (κ1) is 18.6.